The molecule has 104 valence electrons. The first-order valence-corrected chi connectivity index (χ1v) is 5.81. The zero-order valence-corrected chi connectivity index (χ0v) is 10.7. The second kappa shape index (κ2) is 7.65. The molecule has 2 amide bonds. The third kappa shape index (κ3) is 5.62. The molecular weight excluding hydrogens is 238 g/mol. The molecule has 0 aromatic carbocycles. The van der Waals surface area contributed by atoms with Crippen molar-refractivity contribution < 1.29 is 19.5 Å². The smallest absolute Gasteiger partial charge is 0.326 e. The van der Waals surface area contributed by atoms with E-state index in [0.717, 1.165) is 0 Å². The Kier molecular flexibility index (Phi) is 6.96. The van der Waals surface area contributed by atoms with Gasteiger partial charge in [0.05, 0.1) is 5.92 Å². The minimum absolute atomic E-state index is 0.0144. The summed E-state index contributed by atoms with van der Waals surface area (Å²) in [6.07, 6.45) is -0.113. The van der Waals surface area contributed by atoms with Crippen molar-refractivity contribution in [1.29, 1.82) is 0 Å². The molecule has 7 heteroatoms. The quantitative estimate of drug-likeness (QED) is 0.445. The molecule has 18 heavy (non-hydrogen) atoms. The van der Waals surface area contributed by atoms with Gasteiger partial charge in [0, 0.05) is 13.0 Å². The number of amides is 2. The van der Waals surface area contributed by atoms with Gasteiger partial charge in [0.15, 0.2) is 0 Å². The van der Waals surface area contributed by atoms with Crippen LogP contribution in [0.3, 0.4) is 0 Å². The minimum Gasteiger partial charge on any atom is -0.480 e. The molecule has 7 nitrogen and oxygen atoms in total. The molecule has 0 rings (SSSR count). The number of hydrogen-bond acceptors (Lipinski definition) is 4. The fourth-order valence-corrected chi connectivity index (χ4v) is 1.50. The molecule has 0 radical (unpaired) electrons. The molecule has 0 fully saturated rings. The number of hydrogen-bond donors (Lipinski definition) is 4. The number of carbonyl (C=O) groups excluding carboxylic acids is 2. The summed E-state index contributed by atoms with van der Waals surface area (Å²) in [5.74, 6) is -2.63. The van der Waals surface area contributed by atoms with Gasteiger partial charge in [-0.15, -0.1) is 0 Å². The molecule has 2 atom stereocenters. The maximum absolute atomic E-state index is 11.8. The van der Waals surface area contributed by atoms with E-state index >= 15 is 0 Å². The van der Waals surface area contributed by atoms with Gasteiger partial charge in [-0.2, -0.15) is 0 Å². The summed E-state index contributed by atoms with van der Waals surface area (Å²) in [6, 6.07) is -1.11. The summed E-state index contributed by atoms with van der Waals surface area (Å²) >= 11 is 0. The van der Waals surface area contributed by atoms with E-state index in [1.54, 1.807) is 0 Å². The molecule has 0 heterocycles. The SMILES string of the molecule is CC(C)C(CN)C(=O)NC(CCC(N)=O)C(=O)O. The summed E-state index contributed by atoms with van der Waals surface area (Å²) < 4.78 is 0. The Bertz CT molecular complexity index is 317. The van der Waals surface area contributed by atoms with E-state index < -0.39 is 29.7 Å². The molecule has 0 bridgehead atoms. The van der Waals surface area contributed by atoms with Gasteiger partial charge in [0.2, 0.25) is 11.8 Å². The van der Waals surface area contributed by atoms with Gasteiger partial charge in [0.25, 0.3) is 0 Å². The third-order valence-electron chi connectivity index (χ3n) is 2.69. The molecule has 0 aliphatic heterocycles. The fraction of sp³-hybridized carbons (Fsp3) is 0.727. The van der Waals surface area contributed by atoms with Crippen LogP contribution < -0.4 is 16.8 Å². The Morgan fingerprint density at radius 2 is 1.83 bits per heavy atom. The van der Waals surface area contributed by atoms with Crippen LogP contribution in [0.5, 0.6) is 0 Å². The maximum atomic E-state index is 11.8. The maximum Gasteiger partial charge on any atom is 0.326 e. The van der Waals surface area contributed by atoms with E-state index in [1.807, 2.05) is 13.8 Å². The monoisotopic (exact) mass is 259 g/mol. The van der Waals surface area contributed by atoms with Crippen molar-refractivity contribution in [2.75, 3.05) is 6.54 Å². The summed E-state index contributed by atoms with van der Waals surface area (Å²) in [5.41, 5.74) is 10.4. The van der Waals surface area contributed by atoms with E-state index in [0.29, 0.717) is 0 Å². The van der Waals surface area contributed by atoms with E-state index in [1.165, 1.54) is 0 Å². The summed E-state index contributed by atoms with van der Waals surface area (Å²) in [7, 11) is 0. The molecule has 0 spiro atoms. The van der Waals surface area contributed by atoms with Crippen LogP contribution in [0.25, 0.3) is 0 Å². The van der Waals surface area contributed by atoms with E-state index in [9.17, 15) is 14.4 Å². The molecule has 2 unspecified atom stereocenters. The van der Waals surface area contributed by atoms with Gasteiger partial charge in [-0.05, 0) is 12.3 Å². The lowest BCUT2D eigenvalue weighted by atomic mass is 9.94. The Balaban J connectivity index is 4.53. The second-order valence-electron chi connectivity index (χ2n) is 4.49. The van der Waals surface area contributed by atoms with Gasteiger partial charge in [-0.3, -0.25) is 9.59 Å². The number of carbonyl (C=O) groups is 3. The average Bonchev–Trinajstić information content (AvgIpc) is 2.23. The largest absolute Gasteiger partial charge is 0.480 e. The van der Waals surface area contributed by atoms with Gasteiger partial charge < -0.3 is 21.9 Å². The zero-order valence-electron chi connectivity index (χ0n) is 10.7. The lowest BCUT2D eigenvalue weighted by molar-refractivity contribution is -0.143. The number of aliphatic carboxylic acids is 1. The number of carboxylic acids is 1. The van der Waals surface area contributed by atoms with Crippen molar-refractivity contribution in [3.8, 4) is 0 Å². The van der Waals surface area contributed by atoms with Gasteiger partial charge in [0.1, 0.15) is 6.04 Å². The highest BCUT2D eigenvalue weighted by Crippen LogP contribution is 2.10. The Labute approximate surface area is 106 Å². The highest BCUT2D eigenvalue weighted by atomic mass is 16.4. The molecule has 0 aromatic heterocycles. The van der Waals surface area contributed by atoms with Crippen LogP contribution in [0.2, 0.25) is 0 Å². The van der Waals surface area contributed by atoms with E-state index in [2.05, 4.69) is 5.32 Å². The summed E-state index contributed by atoms with van der Waals surface area (Å²) in [5, 5.41) is 11.3. The van der Waals surface area contributed by atoms with Crippen molar-refractivity contribution in [3.63, 3.8) is 0 Å². The first-order chi connectivity index (χ1) is 8.29. The molecule has 0 aromatic rings. The predicted octanol–water partition coefficient (Wildman–Crippen LogP) is -0.948. The standard InChI is InChI=1S/C11H21N3O4/c1-6(2)7(5-12)10(16)14-8(11(17)18)3-4-9(13)15/h6-8H,3-5,12H2,1-2H3,(H2,13,15)(H,14,16)(H,17,18). The van der Waals surface area contributed by atoms with Crippen LogP contribution in [-0.2, 0) is 14.4 Å². The van der Waals surface area contributed by atoms with E-state index in [-0.39, 0.29) is 25.3 Å². The predicted molar refractivity (Wildman–Crippen MR) is 65.4 cm³/mol. The van der Waals surface area contributed by atoms with Crippen LogP contribution in [0.4, 0.5) is 0 Å². The molecule has 6 N–H and O–H groups in total. The highest BCUT2D eigenvalue weighted by Gasteiger charge is 2.26. The van der Waals surface area contributed by atoms with Crippen LogP contribution in [0, 0.1) is 11.8 Å². The van der Waals surface area contributed by atoms with Gasteiger partial charge in [-0.25, -0.2) is 4.79 Å². The number of nitrogens with one attached hydrogen (secondary N) is 1. The molecule has 0 aliphatic rings. The van der Waals surface area contributed by atoms with Crippen molar-refractivity contribution in [1.82, 2.24) is 5.32 Å². The van der Waals surface area contributed by atoms with Gasteiger partial charge in [-0.1, -0.05) is 13.8 Å². The molecule has 0 saturated carbocycles. The number of nitrogens with two attached hydrogens (primary N) is 2. The van der Waals surface area contributed by atoms with Crippen molar-refractivity contribution >= 4 is 17.8 Å². The number of primary amides is 1. The van der Waals surface area contributed by atoms with Crippen LogP contribution in [-0.4, -0.2) is 35.5 Å². The second-order valence-corrected chi connectivity index (χ2v) is 4.49. The Morgan fingerprint density at radius 3 is 2.17 bits per heavy atom. The Hall–Kier alpha value is -1.63. The lowest BCUT2D eigenvalue weighted by Gasteiger charge is -2.21. The summed E-state index contributed by atoms with van der Waals surface area (Å²) in [6.45, 7) is 3.80. The molecule has 0 aliphatic carbocycles. The van der Waals surface area contributed by atoms with E-state index in [4.69, 9.17) is 16.6 Å². The Morgan fingerprint density at radius 1 is 1.28 bits per heavy atom. The lowest BCUT2D eigenvalue weighted by Crippen LogP contribution is -2.46. The van der Waals surface area contributed by atoms with Crippen molar-refractivity contribution in [2.24, 2.45) is 23.3 Å². The highest BCUT2D eigenvalue weighted by molar-refractivity contribution is 5.85. The van der Waals surface area contributed by atoms with Crippen molar-refractivity contribution in [3.05, 3.63) is 0 Å². The molecular formula is C11H21N3O4. The van der Waals surface area contributed by atoms with Crippen LogP contribution >= 0.6 is 0 Å². The third-order valence-corrected chi connectivity index (χ3v) is 2.69. The first-order valence-electron chi connectivity index (χ1n) is 5.81. The zero-order chi connectivity index (χ0) is 14.3. The first kappa shape index (κ1) is 16.4. The normalized spacial score (nSPS) is 14.0. The fourth-order valence-electron chi connectivity index (χ4n) is 1.50. The number of rotatable bonds is 8. The summed E-state index contributed by atoms with van der Waals surface area (Å²) in [4.78, 5) is 33.3. The van der Waals surface area contributed by atoms with Crippen LogP contribution in [0.15, 0.2) is 0 Å². The molecule has 0 saturated heterocycles. The van der Waals surface area contributed by atoms with Crippen LogP contribution in [0.1, 0.15) is 26.7 Å². The average molecular weight is 259 g/mol. The van der Waals surface area contributed by atoms with Gasteiger partial charge >= 0.3 is 5.97 Å². The topological polar surface area (TPSA) is 136 Å². The minimum atomic E-state index is -1.19. The number of carboxylic acid groups (broad SMARTS) is 1. The van der Waals surface area contributed by atoms with Crippen molar-refractivity contribution in [2.45, 2.75) is 32.7 Å².